The van der Waals surface area contributed by atoms with Crippen LogP contribution in [0.2, 0.25) is 0 Å². The van der Waals surface area contributed by atoms with Crippen molar-refractivity contribution in [2.45, 2.75) is 6.61 Å². The fourth-order valence-corrected chi connectivity index (χ4v) is 1.06. The van der Waals surface area contributed by atoms with Crippen LogP contribution in [0.3, 0.4) is 0 Å². The molecular formula is C8H7NO2. The van der Waals surface area contributed by atoms with Crippen molar-refractivity contribution in [3.05, 3.63) is 30.3 Å². The Morgan fingerprint density at radius 2 is 2.36 bits per heavy atom. The van der Waals surface area contributed by atoms with Gasteiger partial charge in [-0.3, -0.25) is 4.98 Å². The zero-order valence-corrected chi connectivity index (χ0v) is 5.82. The molecule has 11 heavy (non-hydrogen) atoms. The van der Waals surface area contributed by atoms with Crippen molar-refractivity contribution < 1.29 is 9.52 Å². The first kappa shape index (κ1) is 6.37. The lowest BCUT2D eigenvalue weighted by atomic mass is 10.3. The predicted octanol–water partition coefficient (Wildman–Crippen LogP) is 1.32. The second-order valence-corrected chi connectivity index (χ2v) is 2.25. The zero-order valence-electron chi connectivity index (χ0n) is 5.82. The van der Waals surface area contributed by atoms with Crippen molar-refractivity contribution >= 4 is 11.0 Å². The molecule has 56 valence electrons. The van der Waals surface area contributed by atoms with Crippen LogP contribution in [0.5, 0.6) is 0 Å². The van der Waals surface area contributed by atoms with Gasteiger partial charge in [0, 0.05) is 11.6 Å². The third-order valence-electron chi connectivity index (χ3n) is 1.59. The lowest BCUT2D eigenvalue weighted by Gasteiger charge is -1.93. The SMILES string of the molecule is OCc1nccc2ccoc12. The maximum Gasteiger partial charge on any atom is 0.157 e. The number of aliphatic hydroxyl groups is 1. The molecule has 3 heteroatoms. The maximum atomic E-state index is 8.83. The molecule has 0 spiro atoms. The zero-order chi connectivity index (χ0) is 7.68. The van der Waals surface area contributed by atoms with Gasteiger partial charge in [0.25, 0.3) is 0 Å². The minimum atomic E-state index is -0.0785. The van der Waals surface area contributed by atoms with Crippen LogP contribution in [0, 0.1) is 0 Å². The van der Waals surface area contributed by atoms with Crippen LogP contribution in [-0.4, -0.2) is 10.1 Å². The maximum absolute atomic E-state index is 8.83. The molecule has 0 fully saturated rings. The summed E-state index contributed by atoms with van der Waals surface area (Å²) in [6.45, 7) is -0.0785. The number of hydrogen-bond acceptors (Lipinski definition) is 3. The van der Waals surface area contributed by atoms with Gasteiger partial charge in [0.2, 0.25) is 0 Å². The summed E-state index contributed by atoms with van der Waals surface area (Å²) in [6.07, 6.45) is 3.24. The van der Waals surface area contributed by atoms with E-state index in [0.29, 0.717) is 11.3 Å². The van der Waals surface area contributed by atoms with E-state index in [9.17, 15) is 0 Å². The Balaban J connectivity index is 2.79. The molecule has 3 nitrogen and oxygen atoms in total. The van der Waals surface area contributed by atoms with Crippen LogP contribution in [0.1, 0.15) is 5.69 Å². The predicted molar refractivity (Wildman–Crippen MR) is 39.9 cm³/mol. The highest BCUT2D eigenvalue weighted by atomic mass is 16.3. The molecule has 2 heterocycles. The highest BCUT2D eigenvalue weighted by molar-refractivity contribution is 5.78. The molecule has 0 bridgehead atoms. The van der Waals surface area contributed by atoms with E-state index in [1.807, 2.05) is 12.1 Å². The molecule has 0 unspecified atom stereocenters. The van der Waals surface area contributed by atoms with Gasteiger partial charge < -0.3 is 9.52 Å². The van der Waals surface area contributed by atoms with Crippen molar-refractivity contribution in [3.63, 3.8) is 0 Å². The van der Waals surface area contributed by atoms with Gasteiger partial charge in [-0.1, -0.05) is 0 Å². The van der Waals surface area contributed by atoms with Gasteiger partial charge in [-0.15, -0.1) is 0 Å². The van der Waals surface area contributed by atoms with Crippen molar-refractivity contribution in [1.82, 2.24) is 4.98 Å². The molecule has 0 aliphatic rings. The first-order valence-electron chi connectivity index (χ1n) is 3.34. The van der Waals surface area contributed by atoms with Gasteiger partial charge in [0.05, 0.1) is 12.9 Å². The average Bonchev–Trinajstić information content (AvgIpc) is 2.50. The summed E-state index contributed by atoms with van der Waals surface area (Å²) >= 11 is 0. The first-order valence-corrected chi connectivity index (χ1v) is 3.34. The minimum absolute atomic E-state index is 0.0785. The van der Waals surface area contributed by atoms with Gasteiger partial charge >= 0.3 is 0 Å². The highest BCUT2D eigenvalue weighted by Crippen LogP contribution is 2.16. The molecule has 0 aromatic carbocycles. The number of aliphatic hydroxyl groups excluding tert-OH is 1. The molecule has 2 aromatic heterocycles. The molecule has 0 radical (unpaired) electrons. The van der Waals surface area contributed by atoms with Crippen molar-refractivity contribution in [2.24, 2.45) is 0 Å². The number of nitrogens with zero attached hydrogens (tertiary/aromatic N) is 1. The van der Waals surface area contributed by atoms with E-state index < -0.39 is 0 Å². The van der Waals surface area contributed by atoms with Crippen LogP contribution < -0.4 is 0 Å². The van der Waals surface area contributed by atoms with E-state index in [1.54, 1.807) is 12.5 Å². The molecule has 0 aliphatic carbocycles. The number of aromatic nitrogens is 1. The van der Waals surface area contributed by atoms with Gasteiger partial charge in [-0.05, 0) is 12.1 Å². The Labute approximate surface area is 63.3 Å². The van der Waals surface area contributed by atoms with Crippen LogP contribution in [0.25, 0.3) is 11.0 Å². The second-order valence-electron chi connectivity index (χ2n) is 2.25. The number of pyridine rings is 1. The Morgan fingerprint density at radius 1 is 1.45 bits per heavy atom. The lowest BCUT2D eigenvalue weighted by Crippen LogP contribution is -1.87. The molecular weight excluding hydrogens is 142 g/mol. The van der Waals surface area contributed by atoms with E-state index in [2.05, 4.69) is 4.98 Å². The van der Waals surface area contributed by atoms with Crippen molar-refractivity contribution in [1.29, 1.82) is 0 Å². The van der Waals surface area contributed by atoms with Crippen LogP contribution in [0.4, 0.5) is 0 Å². The normalized spacial score (nSPS) is 10.6. The average molecular weight is 149 g/mol. The molecule has 0 saturated heterocycles. The topological polar surface area (TPSA) is 46.3 Å². The number of fused-ring (bicyclic) bond motifs is 1. The lowest BCUT2D eigenvalue weighted by molar-refractivity contribution is 0.276. The van der Waals surface area contributed by atoms with Crippen molar-refractivity contribution in [2.75, 3.05) is 0 Å². The van der Waals surface area contributed by atoms with Crippen molar-refractivity contribution in [3.8, 4) is 0 Å². The monoisotopic (exact) mass is 149 g/mol. The minimum Gasteiger partial charge on any atom is -0.462 e. The van der Waals surface area contributed by atoms with E-state index >= 15 is 0 Å². The van der Waals surface area contributed by atoms with E-state index in [4.69, 9.17) is 9.52 Å². The molecule has 0 aliphatic heterocycles. The summed E-state index contributed by atoms with van der Waals surface area (Å²) in [6, 6.07) is 3.69. The van der Waals surface area contributed by atoms with Crippen LogP contribution in [-0.2, 0) is 6.61 Å². The smallest absolute Gasteiger partial charge is 0.157 e. The standard InChI is InChI=1S/C8H7NO2/c10-5-7-8-6(1-3-9-7)2-4-11-8/h1-4,10H,5H2. The third kappa shape index (κ3) is 0.897. The Kier molecular flexibility index (Phi) is 1.36. The summed E-state index contributed by atoms with van der Waals surface area (Å²) in [7, 11) is 0. The van der Waals surface area contributed by atoms with Crippen LogP contribution >= 0.6 is 0 Å². The molecule has 0 saturated carbocycles. The summed E-state index contributed by atoms with van der Waals surface area (Å²) in [5.41, 5.74) is 1.27. The number of hydrogen-bond donors (Lipinski definition) is 1. The van der Waals surface area contributed by atoms with Gasteiger partial charge in [0.1, 0.15) is 5.69 Å². The number of rotatable bonds is 1. The highest BCUT2D eigenvalue weighted by Gasteiger charge is 2.02. The largest absolute Gasteiger partial charge is 0.462 e. The van der Waals surface area contributed by atoms with Crippen LogP contribution in [0.15, 0.2) is 29.0 Å². The fraction of sp³-hybridized carbons (Fsp3) is 0.125. The molecule has 1 N–H and O–H groups in total. The summed E-state index contributed by atoms with van der Waals surface area (Å²) in [4.78, 5) is 3.95. The fourth-order valence-electron chi connectivity index (χ4n) is 1.06. The van der Waals surface area contributed by atoms with Gasteiger partial charge in [-0.25, -0.2) is 0 Å². The quantitative estimate of drug-likeness (QED) is 0.665. The Morgan fingerprint density at radius 3 is 3.18 bits per heavy atom. The first-order chi connectivity index (χ1) is 5.42. The second kappa shape index (κ2) is 2.36. The van der Waals surface area contributed by atoms with Gasteiger partial charge in [0.15, 0.2) is 5.58 Å². The Bertz CT molecular complexity index is 367. The summed E-state index contributed by atoms with van der Waals surface area (Å²) < 4.78 is 5.12. The van der Waals surface area contributed by atoms with Gasteiger partial charge in [-0.2, -0.15) is 0 Å². The number of furan rings is 1. The molecule has 2 aromatic rings. The molecule has 0 atom stereocenters. The summed E-state index contributed by atoms with van der Waals surface area (Å²) in [5.74, 6) is 0. The third-order valence-corrected chi connectivity index (χ3v) is 1.59. The molecule has 0 amide bonds. The van der Waals surface area contributed by atoms with E-state index in [0.717, 1.165) is 5.39 Å². The van der Waals surface area contributed by atoms with E-state index in [-0.39, 0.29) is 6.61 Å². The Hall–Kier alpha value is -1.35. The summed E-state index contributed by atoms with van der Waals surface area (Å²) in [5, 5.41) is 9.81. The van der Waals surface area contributed by atoms with E-state index in [1.165, 1.54) is 0 Å². The molecule has 2 rings (SSSR count).